The van der Waals surface area contributed by atoms with Crippen LogP contribution in [0.3, 0.4) is 0 Å². The molecule has 0 bridgehead atoms. The van der Waals surface area contributed by atoms with Crippen LogP contribution in [0.15, 0.2) is 29.3 Å². The fourth-order valence-corrected chi connectivity index (χ4v) is 8.94. The molecule has 0 radical (unpaired) electrons. The first kappa shape index (κ1) is 27.0. The number of piperidine rings is 1. The van der Waals surface area contributed by atoms with E-state index >= 15 is 0 Å². The van der Waals surface area contributed by atoms with E-state index in [1.54, 1.807) is 25.6 Å². The van der Waals surface area contributed by atoms with Gasteiger partial charge in [-0.2, -0.15) is 5.10 Å². The SMILES string of the molecule is Cc1nn(C)c(C)c1S(=O)(=O)Cc1ccc2c(c1)c([C@@H]1CCN(C(=O)[C@H](C)C3CCCC3)C[C@@H]1C)cn2C. The highest BCUT2D eigenvalue weighted by Gasteiger charge is 2.35. The summed E-state index contributed by atoms with van der Waals surface area (Å²) < 4.78 is 30.6. The van der Waals surface area contributed by atoms with Gasteiger partial charge >= 0.3 is 0 Å². The summed E-state index contributed by atoms with van der Waals surface area (Å²) in [6.45, 7) is 9.51. The monoisotopic (exact) mass is 538 g/mol. The van der Waals surface area contributed by atoms with E-state index in [9.17, 15) is 13.2 Å². The summed E-state index contributed by atoms with van der Waals surface area (Å²) in [5, 5.41) is 5.43. The summed E-state index contributed by atoms with van der Waals surface area (Å²) in [6.07, 6.45) is 8.02. The van der Waals surface area contributed by atoms with Crippen LogP contribution in [0.2, 0.25) is 0 Å². The van der Waals surface area contributed by atoms with Crippen LogP contribution in [-0.4, -0.2) is 46.7 Å². The number of carbonyl (C=O) groups excluding carboxylic acids is 1. The number of aryl methyl sites for hydroxylation is 3. The second kappa shape index (κ2) is 10.2. The molecular weight excluding hydrogens is 496 g/mol. The van der Waals surface area contributed by atoms with E-state index < -0.39 is 9.84 Å². The second-order valence-electron chi connectivity index (χ2n) is 11.9. The average molecular weight is 539 g/mol. The minimum absolute atomic E-state index is 0.0494. The van der Waals surface area contributed by atoms with Gasteiger partial charge in [0.05, 0.1) is 17.1 Å². The van der Waals surface area contributed by atoms with E-state index in [-0.39, 0.29) is 11.7 Å². The molecule has 1 saturated heterocycles. The minimum atomic E-state index is -3.53. The highest BCUT2D eigenvalue weighted by molar-refractivity contribution is 7.90. The molecule has 1 amide bonds. The number of aromatic nitrogens is 3. The van der Waals surface area contributed by atoms with Gasteiger partial charge < -0.3 is 9.47 Å². The summed E-state index contributed by atoms with van der Waals surface area (Å²) in [7, 11) is 0.299. The number of hydrogen-bond acceptors (Lipinski definition) is 4. The van der Waals surface area contributed by atoms with Gasteiger partial charge in [-0.05, 0) is 74.1 Å². The van der Waals surface area contributed by atoms with Crippen LogP contribution in [0, 0.1) is 31.6 Å². The van der Waals surface area contributed by atoms with Gasteiger partial charge in [0.15, 0.2) is 9.84 Å². The van der Waals surface area contributed by atoms with Crippen molar-refractivity contribution in [3.8, 4) is 0 Å². The van der Waals surface area contributed by atoms with E-state index in [1.165, 1.54) is 31.2 Å². The zero-order valence-electron chi connectivity index (χ0n) is 23.7. The third kappa shape index (κ3) is 4.80. The van der Waals surface area contributed by atoms with E-state index in [1.807, 2.05) is 12.1 Å². The molecule has 1 saturated carbocycles. The molecule has 0 N–H and O–H groups in total. The molecule has 206 valence electrons. The van der Waals surface area contributed by atoms with Gasteiger partial charge in [-0.25, -0.2) is 8.42 Å². The number of hydrogen-bond donors (Lipinski definition) is 0. The van der Waals surface area contributed by atoms with E-state index in [0.717, 1.165) is 36.0 Å². The van der Waals surface area contributed by atoms with Crippen molar-refractivity contribution in [3.63, 3.8) is 0 Å². The zero-order valence-corrected chi connectivity index (χ0v) is 24.5. The minimum Gasteiger partial charge on any atom is -0.350 e. The van der Waals surface area contributed by atoms with Gasteiger partial charge in [0.1, 0.15) is 4.90 Å². The number of sulfone groups is 1. The van der Waals surface area contributed by atoms with Crippen molar-refractivity contribution in [2.45, 2.75) is 76.4 Å². The Morgan fingerprint density at radius 2 is 1.84 bits per heavy atom. The maximum absolute atomic E-state index is 13.4. The Morgan fingerprint density at radius 1 is 1.13 bits per heavy atom. The molecule has 0 unspecified atom stereocenters. The molecule has 2 fully saturated rings. The Bertz CT molecular complexity index is 1460. The number of rotatable bonds is 6. The highest BCUT2D eigenvalue weighted by Crippen LogP contribution is 2.39. The topological polar surface area (TPSA) is 77.2 Å². The molecule has 2 aliphatic rings. The summed E-state index contributed by atoms with van der Waals surface area (Å²) in [6, 6.07) is 6.04. The fourth-order valence-electron chi connectivity index (χ4n) is 7.11. The first-order valence-electron chi connectivity index (χ1n) is 14.1. The molecular formula is C30H42N4O3S. The number of carbonyl (C=O) groups is 1. The molecule has 3 atom stereocenters. The normalized spacial score (nSPS) is 21.9. The molecule has 1 aromatic carbocycles. The average Bonchev–Trinajstić information content (AvgIpc) is 3.57. The fraction of sp³-hybridized carbons (Fsp3) is 0.600. The lowest BCUT2D eigenvalue weighted by atomic mass is 9.80. The molecule has 7 nitrogen and oxygen atoms in total. The standard InChI is InChI=1S/C30H42N4O3S/c1-19-16-34(30(35)20(2)24-9-7-8-10-24)14-13-25(19)27-17-32(5)28-12-11-23(15-26(27)28)18-38(36,37)29-21(3)31-33(6)22(29)4/h11-12,15,17,19-20,24-25H,7-10,13-14,16,18H2,1-6H3/t19-,20+,25+/m0/s1. The summed E-state index contributed by atoms with van der Waals surface area (Å²) in [4.78, 5) is 15.7. The van der Waals surface area contributed by atoms with Crippen molar-refractivity contribution in [1.82, 2.24) is 19.2 Å². The Hall–Kier alpha value is -2.61. The van der Waals surface area contributed by atoms with Crippen LogP contribution in [0.1, 0.15) is 74.4 Å². The van der Waals surface area contributed by atoms with Crippen LogP contribution in [0.5, 0.6) is 0 Å². The van der Waals surface area contributed by atoms with Crippen molar-refractivity contribution in [2.24, 2.45) is 31.8 Å². The van der Waals surface area contributed by atoms with Crippen molar-refractivity contribution in [1.29, 1.82) is 0 Å². The Morgan fingerprint density at radius 3 is 2.47 bits per heavy atom. The van der Waals surface area contributed by atoms with Gasteiger partial charge in [-0.1, -0.05) is 32.8 Å². The molecule has 2 aromatic heterocycles. The van der Waals surface area contributed by atoms with Crippen molar-refractivity contribution in [2.75, 3.05) is 13.1 Å². The second-order valence-corrected chi connectivity index (χ2v) is 13.8. The predicted molar refractivity (Wildman–Crippen MR) is 151 cm³/mol. The molecule has 3 heterocycles. The lowest BCUT2D eigenvalue weighted by molar-refractivity contribution is -0.138. The Balaban J connectivity index is 1.38. The highest BCUT2D eigenvalue weighted by atomic mass is 32.2. The number of benzene rings is 1. The van der Waals surface area contributed by atoms with Crippen LogP contribution in [-0.2, 0) is 34.5 Å². The van der Waals surface area contributed by atoms with E-state index in [4.69, 9.17) is 0 Å². The molecule has 8 heteroatoms. The summed E-state index contributed by atoms with van der Waals surface area (Å²) >= 11 is 0. The van der Waals surface area contributed by atoms with Gasteiger partial charge in [0, 0.05) is 50.2 Å². The largest absolute Gasteiger partial charge is 0.350 e. The Labute approximate surface area is 227 Å². The molecule has 3 aromatic rings. The van der Waals surface area contributed by atoms with E-state index in [0.29, 0.717) is 39.9 Å². The van der Waals surface area contributed by atoms with E-state index in [2.05, 4.69) is 47.7 Å². The molecule has 1 aliphatic carbocycles. The molecule has 38 heavy (non-hydrogen) atoms. The number of nitrogens with zero attached hydrogens (tertiary/aromatic N) is 4. The van der Waals surface area contributed by atoms with Gasteiger partial charge in [-0.15, -0.1) is 0 Å². The zero-order chi connectivity index (χ0) is 27.4. The predicted octanol–water partition coefficient (Wildman–Crippen LogP) is 5.28. The third-order valence-electron chi connectivity index (χ3n) is 9.31. The lowest BCUT2D eigenvalue weighted by Gasteiger charge is -2.39. The number of likely N-dealkylation sites (tertiary alicyclic amines) is 1. The number of fused-ring (bicyclic) bond motifs is 1. The number of amides is 1. The van der Waals surface area contributed by atoms with Gasteiger partial charge in [-0.3, -0.25) is 9.48 Å². The lowest BCUT2D eigenvalue weighted by Crippen LogP contribution is -2.45. The van der Waals surface area contributed by atoms with Crippen molar-refractivity contribution >= 4 is 26.6 Å². The maximum atomic E-state index is 13.4. The van der Waals surface area contributed by atoms with Gasteiger partial charge in [0.25, 0.3) is 0 Å². The van der Waals surface area contributed by atoms with Crippen molar-refractivity contribution < 1.29 is 13.2 Å². The van der Waals surface area contributed by atoms with Crippen LogP contribution < -0.4 is 0 Å². The van der Waals surface area contributed by atoms with Gasteiger partial charge in [0.2, 0.25) is 5.91 Å². The Kier molecular flexibility index (Phi) is 7.22. The van der Waals surface area contributed by atoms with Crippen LogP contribution in [0.25, 0.3) is 10.9 Å². The maximum Gasteiger partial charge on any atom is 0.225 e. The third-order valence-corrected chi connectivity index (χ3v) is 11.2. The molecule has 5 rings (SSSR count). The summed E-state index contributed by atoms with van der Waals surface area (Å²) in [5.41, 5.74) is 4.37. The quantitative estimate of drug-likeness (QED) is 0.428. The smallest absolute Gasteiger partial charge is 0.225 e. The van der Waals surface area contributed by atoms with Crippen LogP contribution >= 0.6 is 0 Å². The first-order chi connectivity index (χ1) is 18.0. The van der Waals surface area contributed by atoms with Crippen LogP contribution in [0.4, 0.5) is 0 Å². The summed E-state index contributed by atoms with van der Waals surface area (Å²) in [5.74, 6) is 1.61. The molecule has 1 aliphatic heterocycles. The molecule has 0 spiro atoms. The van der Waals surface area contributed by atoms with Crippen molar-refractivity contribution in [3.05, 3.63) is 46.9 Å². The first-order valence-corrected chi connectivity index (χ1v) is 15.7.